The summed E-state index contributed by atoms with van der Waals surface area (Å²) in [6.07, 6.45) is 3.69. The number of hydrogen-bond donors (Lipinski definition) is 1. The van der Waals surface area contributed by atoms with E-state index in [0.717, 1.165) is 23.4 Å². The summed E-state index contributed by atoms with van der Waals surface area (Å²) in [6.45, 7) is 3.62. The normalized spacial score (nSPS) is 12.4. The summed E-state index contributed by atoms with van der Waals surface area (Å²) in [6, 6.07) is 7.61. The first-order chi connectivity index (χ1) is 6.74. The molecule has 0 saturated heterocycles. The summed E-state index contributed by atoms with van der Waals surface area (Å²) >= 11 is 5.97. The Morgan fingerprint density at radius 3 is 2.79 bits per heavy atom. The van der Waals surface area contributed by atoms with Crippen molar-refractivity contribution >= 4 is 11.6 Å². The fraction of sp³-hybridized carbons (Fsp3) is 0.333. The van der Waals surface area contributed by atoms with E-state index in [0.29, 0.717) is 6.42 Å². The molecule has 1 aromatic rings. The Hall–Kier alpha value is -0.790. The van der Waals surface area contributed by atoms with Gasteiger partial charge in [-0.1, -0.05) is 35.9 Å². The molecule has 0 saturated carbocycles. The molecule has 76 valence electrons. The van der Waals surface area contributed by atoms with Crippen LogP contribution in [0.1, 0.15) is 18.4 Å². The molecule has 1 atom stereocenters. The lowest BCUT2D eigenvalue weighted by atomic mass is 10.0. The topological polar surface area (TPSA) is 20.2 Å². The van der Waals surface area contributed by atoms with Crippen LogP contribution < -0.4 is 0 Å². The zero-order chi connectivity index (χ0) is 10.4. The van der Waals surface area contributed by atoms with Crippen molar-refractivity contribution in [3.8, 4) is 0 Å². The predicted octanol–water partition coefficient (Wildman–Crippen LogP) is 3.21. The Balaban J connectivity index is 2.51. The number of halogens is 1. The van der Waals surface area contributed by atoms with Crippen molar-refractivity contribution in [3.63, 3.8) is 0 Å². The molecule has 0 aliphatic rings. The van der Waals surface area contributed by atoms with Crippen molar-refractivity contribution < 1.29 is 5.11 Å². The first-order valence-corrected chi connectivity index (χ1v) is 5.14. The van der Waals surface area contributed by atoms with E-state index in [1.54, 1.807) is 0 Å². The van der Waals surface area contributed by atoms with E-state index in [1.165, 1.54) is 0 Å². The number of aliphatic hydroxyl groups excluding tert-OH is 1. The van der Waals surface area contributed by atoms with Crippen LogP contribution in [-0.4, -0.2) is 11.2 Å². The lowest BCUT2D eigenvalue weighted by Gasteiger charge is -2.10. The molecular formula is C12H15ClO. The second-order valence-corrected chi connectivity index (χ2v) is 3.72. The molecule has 0 radical (unpaired) electrons. The Morgan fingerprint density at radius 2 is 2.14 bits per heavy atom. The van der Waals surface area contributed by atoms with Gasteiger partial charge >= 0.3 is 0 Å². The van der Waals surface area contributed by atoms with Crippen LogP contribution in [0.15, 0.2) is 36.9 Å². The largest absolute Gasteiger partial charge is 0.393 e. The van der Waals surface area contributed by atoms with Gasteiger partial charge in [-0.3, -0.25) is 0 Å². The van der Waals surface area contributed by atoms with Gasteiger partial charge in [0.25, 0.3) is 0 Å². The fourth-order valence-electron chi connectivity index (χ4n) is 1.33. The Morgan fingerprint density at radius 1 is 1.43 bits per heavy atom. The standard InChI is InChI=1S/C12H15ClO/c1-2-3-7-11(14)9-10-6-4-5-8-12(10)13/h2,4-6,8,11,14H,1,3,7,9H2. The predicted molar refractivity (Wildman–Crippen MR) is 60.6 cm³/mol. The smallest absolute Gasteiger partial charge is 0.0584 e. The van der Waals surface area contributed by atoms with Crippen molar-refractivity contribution in [1.82, 2.24) is 0 Å². The maximum atomic E-state index is 9.65. The monoisotopic (exact) mass is 210 g/mol. The van der Waals surface area contributed by atoms with Gasteiger partial charge in [0.2, 0.25) is 0 Å². The first-order valence-electron chi connectivity index (χ1n) is 4.76. The summed E-state index contributed by atoms with van der Waals surface area (Å²) in [7, 11) is 0. The summed E-state index contributed by atoms with van der Waals surface area (Å²) in [5, 5.41) is 10.4. The third-order valence-corrected chi connectivity index (χ3v) is 2.49. The lowest BCUT2D eigenvalue weighted by molar-refractivity contribution is 0.166. The zero-order valence-corrected chi connectivity index (χ0v) is 8.87. The van der Waals surface area contributed by atoms with Gasteiger partial charge < -0.3 is 5.11 Å². The Labute approximate surface area is 90.0 Å². The Kier molecular flexibility index (Phi) is 4.71. The second-order valence-electron chi connectivity index (χ2n) is 3.32. The molecule has 14 heavy (non-hydrogen) atoms. The van der Waals surface area contributed by atoms with Gasteiger partial charge in [0.05, 0.1) is 6.10 Å². The van der Waals surface area contributed by atoms with Gasteiger partial charge in [-0.15, -0.1) is 6.58 Å². The minimum absolute atomic E-state index is 0.326. The quantitative estimate of drug-likeness (QED) is 0.740. The molecule has 0 heterocycles. The van der Waals surface area contributed by atoms with Crippen molar-refractivity contribution in [1.29, 1.82) is 0 Å². The van der Waals surface area contributed by atoms with Crippen molar-refractivity contribution in [3.05, 3.63) is 47.5 Å². The van der Waals surface area contributed by atoms with E-state index in [-0.39, 0.29) is 6.10 Å². The van der Waals surface area contributed by atoms with E-state index in [9.17, 15) is 5.11 Å². The number of hydrogen-bond acceptors (Lipinski definition) is 1. The van der Waals surface area contributed by atoms with Crippen LogP contribution >= 0.6 is 11.6 Å². The molecular weight excluding hydrogens is 196 g/mol. The van der Waals surface area contributed by atoms with Gasteiger partial charge in [0.15, 0.2) is 0 Å². The van der Waals surface area contributed by atoms with Crippen LogP contribution in [-0.2, 0) is 6.42 Å². The number of allylic oxidation sites excluding steroid dienone is 1. The minimum atomic E-state index is -0.326. The van der Waals surface area contributed by atoms with E-state index in [1.807, 2.05) is 30.3 Å². The van der Waals surface area contributed by atoms with Crippen LogP contribution in [0.5, 0.6) is 0 Å². The maximum absolute atomic E-state index is 9.65. The molecule has 0 amide bonds. The molecule has 1 unspecified atom stereocenters. The van der Waals surface area contributed by atoms with Crippen LogP contribution in [0, 0.1) is 0 Å². The maximum Gasteiger partial charge on any atom is 0.0584 e. The molecule has 0 bridgehead atoms. The third-order valence-electron chi connectivity index (χ3n) is 2.12. The molecule has 1 N–H and O–H groups in total. The van der Waals surface area contributed by atoms with Crippen molar-refractivity contribution in [2.45, 2.75) is 25.4 Å². The van der Waals surface area contributed by atoms with Gasteiger partial charge in [0.1, 0.15) is 0 Å². The van der Waals surface area contributed by atoms with E-state index < -0.39 is 0 Å². The second kappa shape index (κ2) is 5.84. The highest BCUT2D eigenvalue weighted by Gasteiger charge is 2.06. The van der Waals surface area contributed by atoms with E-state index >= 15 is 0 Å². The summed E-state index contributed by atoms with van der Waals surface area (Å²) in [5.41, 5.74) is 1.01. The number of aliphatic hydroxyl groups is 1. The average molecular weight is 211 g/mol. The van der Waals surface area contributed by atoms with Crippen LogP contribution in [0.25, 0.3) is 0 Å². The SMILES string of the molecule is C=CCCC(O)Cc1ccccc1Cl. The van der Waals surface area contributed by atoms with Crippen LogP contribution in [0.4, 0.5) is 0 Å². The van der Waals surface area contributed by atoms with Gasteiger partial charge in [-0.2, -0.15) is 0 Å². The third kappa shape index (κ3) is 3.52. The highest BCUT2D eigenvalue weighted by molar-refractivity contribution is 6.31. The van der Waals surface area contributed by atoms with Gasteiger partial charge in [-0.25, -0.2) is 0 Å². The van der Waals surface area contributed by atoms with Crippen LogP contribution in [0.3, 0.4) is 0 Å². The molecule has 0 aliphatic carbocycles. The summed E-state index contributed by atoms with van der Waals surface area (Å²) < 4.78 is 0. The number of benzene rings is 1. The lowest BCUT2D eigenvalue weighted by Crippen LogP contribution is -2.09. The number of rotatable bonds is 5. The van der Waals surface area contributed by atoms with E-state index in [4.69, 9.17) is 11.6 Å². The molecule has 0 aromatic heterocycles. The van der Waals surface area contributed by atoms with Crippen LogP contribution in [0.2, 0.25) is 5.02 Å². The highest BCUT2D eigenvalue weighted by atomic mass is 35.5. The highest BCUT2D eigenvalue weighted by Crippen LogP contribution is 2.17. The van der Waals surface area contributed by atoms with Crippen molar-refractivity contribution in [2.75, 3.05) is 0 Å². The molecule has 0 spiro atoms. The molecule has 0 aliphatic heterocycles. The molecule has 2 heteroatoms. The van der Waals surface area contributed by atoms with E-state index in [2.05, 4.69) is 6.58 Å². The Bertz CT molecular complexity index is 296. The molecule has 1 aromatic carbocycles. The minimum Gasteiger partial charge on any atom is -0.393 e. The summed E-state index contributed by atoms with van der Waals surface area (Å²) in [4.78, 5) is 0. The van der Waals surface area contributed by atoms with Crippen molar-refractivity contribution in [2.24, 2.45) is 0 Å². The van der Waals surface area contributed by atoms with Gasteiger partial charge in [-0.05, 0) is 30.9 Å². The zero-order valence-electron chi connectivity index (χ0n) is 8.12. The average Bonchev–Trinajstić information content (AvgIpc) is 2.18. The molecule has 1 rings (SSSR count). The fourth-order valence-corrected chi connectivity index (χ4v) is 1.54. The molecule has 1 nitrogen and oxygen atoms in total. The molecule has 0 fully saturated rings. The van der Waals surface area contributed by atoms with Gasteiger partial charge in [0, 0.05) is 5.02 Å². The summed E-state index contributed by atoms with van der Waals surface area (Å²) in [5.74, 6) is 0. The first kappa shape index (κ1) is 11.3.